The molecule has 1 aliphatic heterocycles. The Hall–Kier alpha value is -1.01. The summed E-state index contributed by atoms with van der Waals surface area (Å²) in [5, 5.41) is 8.12. The molecule has 0 aromatic carbocycles. The van der Waals surface area contributed by atoms with Crippen molar-refractivity contribution in [1.82, 2.24) is 10.2 Å². The van der Waals surface area contributed by atoms with Crippen LogP contribution in [-0.4, -0.2) is 36.4 Å². The van der Waals surface area contributed by atoms with Crippen LogP contribution < -0.4 is 4.90 Å². The maximum absolute atomic E-state index is 11.6. The number of carbonyl (C=O) groups is 1. The van der Waals surface area contributed by atoms with Gasteiger partial charge >= 0.3 is 0 Å². The number of carbonyl (C=O) groups excluding carboxylic acids is 1. The van der Waals surface area contributed by atoms with Crippen LogP contribution in [-0.2, 0) is 9.53 Å². The Labute approximate surface area is 79.3 Å². The number of aromatic nitrogens is 2. The van der Waals surface area contributed by atoms with E-state index in [2.05, 4.69) is 10.2 Å². The van der Waals surface area contributed by atoms with E-state index in [0.717, 1.165) is 0 Å². The van der Waals surface area contributed by atoms with E-state index in [9.17, 15) is 4.79 Å². The van der Waals surface area contributed by atoms with Crippen molar-refractivity contribution in [3.05, 3.63) is 5.51 Å². The SMILES string of the molecule is CN(C(=O)C1COC1)c1nncs1. The zero-order chi connectivity index (χ0) is 9.26. The smallest absolute Gasteiger partial charge is 0.236 e. The standard InChI is InChI=1S/C7H9N3O2S/c1-10(7-9-8-4-13-7)6(11)5-2-12-3-5/h4-5H,2-3H2,1H3. The van der Waals surface area contributed by atoms with Gasteiger partial charge in [-0.05, 0) is 0 Å². The number of amides is 1. The second-order valence-electron chi connectivity index (χ2n) is 2.85. The van der Waals surface area contributed by atoms with E-state index >= 15 is 0 Å². The van der Waals surface area contributed by atoms with Crippen LogP contribution in [0.25, 0.3) is 0 Å². The molecular weight excluding hydrogens is 190 g/mol. The minimum absolute atomic E-state index is 0.00824. The number of hydrogen-bond donors (Lipinski definition) is 0. The largest absolute Gasteiger partial charge is 0.380 e. The molecule has 0 radical (unpaired) electrons. The molecule has 1 amide bonds. The van der Waals surface area contributed by atoms with Crippen molar-refractivity contribution < 1.29 is 9.53 Å². The first-order valence-electron chi connectivity index (χ1n) is 3.90. The zero-order valence-electron chi connectivity index (χ0n) is 7.14. The van der Waals surface area contributed by atoms with Crippen molar-refractivity contribution in [3.8, 4) is 0 Å². The average Bonchev–Trinajstić information content (AvgIpc) is 2.51. The van der Waals surface area contributed by atoms with Gasteiger partial charge in [0.2, 0.25) is 11.0 Å². The second kappa shape index (κ2) is 3.39. The van der Waals surface area contributed by atoms with Crippen molar-refractivity contribution in [2.24, 2.45) is 5.92 Å². The highest BCUT2D eigenvalue weighted by atomic mass is 32.1. The predicted molar refractivity (Wildman–Crippen MR) is 47.6 cm³/mol. The summed E-state index contributed by atoms with van der Waals surface area (Å²) >= 11 is 1.35. The molecule has 0 unspecified atom stereocenters. The predicted octanol–water partition coefficient (Wildman–Crippen LogP) is 0.147. The summed E-state index contributed by atoms with van der Waals surface area (Å²) in [6, 6.07) is 0. The summed E-state index contributed by atoms with van der Waals surface area (Å²) in [7, 11) is 1.71. The van der Waals surface area contributed by atoms with Crippen molar-refractivity contribution in [2.45, 2.75) is 0 Å². The van der Waals surface area contributed by atoms with Crippen molar-refractivity contribution in [3.63, 3.8) is 0 Å². The molecule has 0 atom stereocenters. The van der Waals surface area contributed by atoms with Crippen LogP contribution in [0.1, 0.15) is 0 Å². The number of hydrogen-bond acceptors (Lipinski definition) is 5. The van der Waals surface area contributed by atoms with Crippen LogP contribution in [0, 0.1) is 5.92 Å². The van der Waals surface area contributed by atoms with Gasteiger partial charge in [0.25, 0.3) is 0 Å². The monoisotopic (exact) mass is 199 g/mol. The molecule has 2 rings (SSSR count). The van der Waals surface area contributed by atoms with Gasteiger partial charge in [0.15, 0.2) is 0 Å². The Morgan fingerprint density at radius 2 is 2.54 bits per heavy atom. The van der Waals surface area contributed by atoms with Crippen molar-refractivity contribution in [1.29, 1.82) is 0 Å². The minimum Gasteiger partial charge on any atom is -0.380 e. The minimum atomic E-state index is 0.00824. The van der Waals surface area contributed by atoms with E-state index in [4.69, 9.17) is 4.74 Å². The molecule has 1 fully saturated rings. The Morgan fingerprint density at radius 3 is 3.00 bits per heavy atom. The fourth-order valence-electron chi connectivity index (χ4n) is 1.06. The third-order valence-corrected chi connectivity index (χ3v) is 2.72. The maximum atomic E-state index is 11.6. The molecule has 0 aliphatic carbocycles. The molecule has 70 valence electrons. The summed E-state index contributed by atoms with van der Waals surface area (Å²) in [4.78, 5) is 13.1. The maximum Gasteiger partial charge on any atom is 0.236 e. The van der Waals surface area contributed by atoms with Crippen molar-refractivity contribution in [2.75, 3.05) is 25.2 Å². The highest BCUT2D eigenvalue weighted by molar-refractivity contribution is 7.13. The third-order valence-electron chi connectivity index (χ3n) is 1.95. The molecule has 0 spiro atoms. The third kappa shape index (κ3) is 1.54. The first-order valence-corrected chi connectivity index (χ1v) is 4.78. The molecule has 5 nitrogen and oxygen atoms in total. The van der Waals surface area contributed by atoms with E-state index < -0.39 is 0 Å². The van der Waals surface area contributed by atoms with Gasteiger partial charge in [-0.2, -0.15) is 0 Å². The van der Waals surface area contributed by atoms with E-state index in [0.29, 0.717) is 18.3 Å². The van der Waals surface area contributed by atoms with Crippen LogP contribution in [0.2, 0.25) is 0 Å². The molecule has 1 aromatic rings. The quantitative estimate of drug-likeness (QED) is 0.680. The average molecular weight is 199 g/mol. The van der Waals surface area contributed by atoms with Gasteiger partial charge in [-0.3, -0.25) is 9.69 Å². The highest BCUT2D eigenvalue weighted by Gasteiger charge is 2.30. The molecule has 0 saturated carbocycles. The highest BCUT2D eigenvalue weighted by Crippen LogP contribution is 2.19. The van der Waals surface area contributed by atoms with Gasteiger partial charge in [-0.1, -0.05) is 11.3 Å². The summed E-state index contributed by atoms with van der Waals surface area (Å²) in [6.45, 7) is 1.06. The summed E-state index contributed by atoms with van der Waals surface area (Å²) in [6.07, 6.45) is 0. The van der Waals surface area contributed by atoms with E-state index in [1.165, 1.54) is 16.2 Å². The Balaban J connectivity index is 2.04. The number of nitrogens with zero attached hydrogens (tertiary/aromatic N) is 3. The van der Waals surface area contributed by atoms with Crippen LogP contribution in [0.15, 0.2) is 5.51 Å². The van der Waals surface area contributed by atoms with Crippen LogP contribution in [0.5, 0.6) is 0 Å². The summed E-state index contributed by atoms with van der Waals surface area (Å²) in [5.41, 5.74) is 1.61. The molecule has 1 aromatic heterocycles. The number of rotatable bonds is 2. The second-order valence-corrected chi connectivity index (χ2v) is 3.66. The Bertz CT molecular complexity index is 297. The van der Waals surface area contributed by atoms with E-state index in [1.54, 1.807) is 12.6 Å². The van der Waals surface area contributed by atoms with E-state index in [-0.39, 0.29) is 11.8 Å². The van der Waals surface area contributed by atoms with Crippen LogP contribution in [0.4, 0.5) is 5.13 Å². The van der Waals surface area contributed by atoms with Gasteiger partial charge in [0, 0.05) is 7.05 Å². The lowest BCUT2D eigenvalue weighted by Gasteiger charge is -2.27. The Kier molecular flexibility index (Phi) is 2.24. The fraction of sp³-hybridized carbons (Fsp3) is 0.571. The van der Waals surface area contributed by atoms with Gasteiger partial charge < -0.3 is 4.74 Å². The van der Waals surface area contributed by atoms with Crippen molar-refractivity contribution >= 4 is 22.4 Å². The molecule has 6 heteroatoms. The lowest BCUT2D eigenvalue weighted by Crippen LogP contribution is -2.43. The van der Waals surface area contributed by atoms with Gasteiger partial charge in [-0.15, -0.1) is 10.2 Å². The summed E-state index contributed by atoms with van der Waals surface area (Å²) in [5.74, 6) is 0.0666. The fourth-order valence-corrected chi connectivity index (χ4v) is 1.59. The van der Waals surface area contributed by atoms with Gasteiger partial charge in [0.1, 0.15) is 5.51 Å². The number of ether oxygens (including phenoxy) is 1. The number of anilines is 1. The van der Waals surface area contributed by atoms with Gasteiger partial charge in [0.05, 0.1) is 19.1 Å². The lowest BCUT2D eigenvalue weighted by atomic mass is 10.1. The molecular formula is C7H9N3O2S. The molecule has 2 heterocycles. The lowest BCUT2D eigenvalue weighted by molar-refractivity contribution is -0.135. The molecule has 13 heavy (non-hydrogen) atoms. The summed E-state index contributed by atoms with van der Waals surface area (Å²) < 4.78 is 4.94. The molecule has 1 aliphatic rings. The molecule has 0 N–H and O–H groups in total. The molecule has 0 bridgehead atoms. The van der Waals surface area contributed by atoms with Crippen LogP contribution >= 0.6 is 11.3 Å². The zero-order valence-corrected chi connectivity index (χ0v) is 7.95. The topological polar surface area (TPSA) is 55.3 Å². The van der Waals surface area contributed by atoms with E-state index in [1.807, 2.05) is 0 Å². The molecule has 1 saturated heterocycles. The normalized spacial score (nSPS) is 16.7. The van der Waals surface area contributed by atoms with Crippen LogP contribution in [0.3, 0.4) is 0 Å². The first kappa shape index (κ1) is 8.58. The van der Waals surface area contributed by atoms with Gasteiger partial charge in [-0.25, -0.2) is 0 Å². The Morgan fingerprint density at radius 1 is 1.77 bits per heavy atom. The first-order chi connectivity index (χ1) is 6.29.